The minimum absolute atomic E-state index is 0.234. The Balaban J connectivity index is 2.34. The van der Waals surface area contributed by atoms with E-state index in [1.54, 1.807) is 13.8 Å². The minimum Gasteiger partial charge on any atom is -0.389 e. The number of benzene rings is 1. The Morgan fingerprint density at radius 1 is 1.42 bits per heavy atom. The number of rotatable bonds is 6. The van der Waals surface area contributed by atoms with E-state index in [0.29, 0.717) is 11.1 Å². The third-order valence-corrected chi connectivity index (χ3v) is 3.77. The van der Waals surface area contributed by atoms with Crippen LogP contribution in [0.15, 0.2) is 12.1 Å². The van der Waals surface area contributed by atoms with Gasteiger partial charge in [0.25, 0.3) is 0 Å². The molecular formula is C16H24FNO. The first-order valence-corrected chi connectivity index (χ1v) is 7.26. The van der Waals surface area contributed by atoms with E-state index in [-0.39, 0.29) is 5.82 Å². The van der Waals surface area contributed by atoms with E-state index in [1.807, 2.05) is 6.07 Å². The summed E-state index contributed by atoms with van der Waals surface area (Å²) in [7, 11) is 0. The first-order valence-electron chi connectivity index (χ1n) is 7.26. The molecule has 1 saturated carbocycles. The molecular weight excluding hydrogens is 241 g/mol. The Kier molecular flexibility index (Phi) is 4.46. The molecule has 2 rings (SSSR count). The summed E-state index contributed by atoms with van der Waals surface area (Å²) in [6, 6.07) is 3.38. The largest absolute Gasteiger partial charge is 0.389 e. The Bertz CT molecular complexity index is 441. The molecule has 0 bridgehead atoms. The van der Waals surface area contributed by atoms with Gasteiger partial charge in [0.2, 0.25) is 0 Å². The minimum atomic E-state index is -0.636. The highest BCUT2D eigenvalue weighted by molar-refractivity contribution is 5.57. The number of aliphatic hydroxyl groups excluding tert-OH is 1. The molecule has 2 nitrogen and oxygen atoms in total. The quantitative estimate of drug-likeness (QED) is 0.845. The average molecular weight is 265 g/mol. The molecule has 0 spiro atoms. The Morgan fingerprint density at radius 3 is 2.63 bits per heavy atom. The molecule has 0 radical (unpaired) electrons. The Morgan fingerprint density at radius 2 is 2.11 bits per heavy atom. The topological polar surface area (TPSA) is 23.5 Å². The van der Waals surface area contributed by atoms with Gasteiger partial charge in [-0.05, 0) is 56.7 Å². The van der Waals surface area contributed by atoms with Gasteiger partial charge >= 0.3 is 0 Å². The number of nitrogens with zero attached hydrogens (tertiary/aromatic N) is 1. The maximum atomic E-state index is 13.7. The first-order chi connectivity index (χ1) is 9.02. The smallest absolute Gasteiger partial charge is 0.126 e. The molecule has 1 N–H and O–H groups in total. The van der Waals surface area contributed by atoms with Crippen molar-refractivity contribution in [1.29, 1.82) is 0 Å². The van der Waals surface area contributed by atoms with Crippen molar-refractivity contribution in [3.8, 4) is 0 Å². The van der Waals surface area contributed by atoms with Crippen LogP contribution in [0.4, 0.5) is 10.1 Å². The van der Waals surface area contributed by atoms with Gasteiger partial charge in [-0.1, -0.05) is 6.92 Å². The number of aryl methyl sites for hydroxylation is 1. The van der Waals surface area contributed by atoms with Crippen molar-refractivity contribution >= 4 is 5.69 Å². The monoisotopic (exact) mass is 265 g/mol. The predicted molar refractivity (Wildman–Crippen MR) is 77.0 cm³/mol. The predicted octanol–water partition coefficient (Wildman–Crippen LogP) is 3.81. The fourth-order valence-corrected chi connectivity index (χ4v) is 2.48. The molecule has 0 saturated heterocycles. The molecule has 1 aliphatic carbocycles. The number of halogens is 1. The summed E-state index contributed by atoms with van der Waals surface area (Å²) in [6.45, 7) is 7.62. The lowest BCUT2D eigenvalue weighted by Gasteiger charge is -2.28. The Labute approximate surface area is 115 Å². The lowest BCUT2D eigenvalue weighted by atomic mass is 10.0. The van der Waals surface area contributed by atoms with E-state index in [4.69, 9.17) is 0 Å². The number of anilines is 1. The third kappa shape index (κ3) is 3.47. The molecule has 0 aromatic heterocycles. The van der Waals surface area contributed by atoms with Crippen LogP contribution in [0, 0.1) is 18.7 Å². The molecule has 1 fully saturated rings. The molecule has 0 amide bonds. The van der Waals surface area contributed by atoms with Crippen molar-refractivity contribution in [3.63, 3.8) is 0 Å². The molecule has 1 aliphatic rings. The zero-order valence-electron chi connectivity index (χ0n) is 12.1. The maximum absolute atomic E-state index is 13.7. The van der Waals surface area contributed by atoms with Crippen molar-refractivity contribution in [3.05, 3.63) is 29.1 Å². The van der Waals surface area contributed by atoms with Crippen molar-refractivity contribution in [2.24, 2.45) is 5.92 Å². The Hall–Kier alpha value is -1.09. The van der Waals surface area contributed by atoms with E-state index in [1.165, 1.54) is 18.9 Å². The fraction of sp³-hybridized carbons (Fsp3) is 0.625. The van der Waals surface area contributed by atoms with E-state index < -0.39 is 6.10 Å². The van der Waals surface area contributed by atoms with E-state index in [0.717, 1.165) is 31.1 Å². The molecule has 0 aliphatic heterocycles. The highest BCUT2D eigenvalue weighted by Crippen LogP contribution is 2.35. The molecule has 19 heavy (non-hydrogen) atoms. The summed E-state index contributed by atoms with van der Waals surface area (Å²) >= 11 is 0. The van der Waals surface area contributed by atoms with Crippen LogP contribution in [0.3, 0.4) is 0 Å². The van der Waals surface area contributed by atoms with Crippen LogP contribution in [-0.2, 0) is 0 Å². The van der Waals surface area contributed by atoms with Gasteiger partial charge in [0, 0.05) is 24.3 Å². The molecule has 1 aromatic carbocycles. The molecule has 0 heterocycles. The van der Waals surface area contributed by atoms with Crippen molar-refractivity contribution in [2.75, 3.05) is 18.0 Å². The van der Waals surface area contributed by atoms with Gasteiger partial charge in [-0.3, -0.25) is 0 Å². The molecule has 1 aromatic rings. The van der Waals surface area contributed by atoms with Gasteiger partial charge in [-0.15, -0.1) is 0 Å². The van der Waals surface area contributed by atoms with Crippen LogP contribution in [-0.4, -0.2) is 18.2 Å². The summed E-state index contributed by atoms with van der Waals surface area (Å²) < 4.78 is 13.7. The van der Waals surface area contributed by atoms with Crippen LogP contribution < -0.4 is 4.90 Å². The normalized spacial score (nSPS) is 16.5. The van der Waals surface area contributed by atoms with Crippen LogP contribution in [0.1, 0.15) is 50.3 Å². The number of hydrogen-bond donors (Lipinski definition) is 1. The first kappa shape index (κ1) is 14.3. The van der Waals surface area contributed by atoms with Gasteiger partial charge < -0.3 is 10.0 Å². The molecule has 1 atom stereocenters. The van der Waals surface area contributed by atoms with Gasteiger partial charge in [0.05, 0.1) is 6.10 Å². The van der Waals surface area contributed by atoms with E-state index in [2.05, 4.69) is 11.8 Å². The summed E-state index contributed by atoms with van der Waals surface area (Å²) in [6.07, 6.45) is 3.01. The van der Waals surface area contributed by atoms with Crippen molar-refractivity contribution in [2.45, 2.75) is 46.1 Å². The van der Waals surface area contributed by atoms with Gasteiger partial charge in [-0.2, -0.15) is 0 Å². The van der Waals surface area contributed by atoms with Crippen molar-refractivity contribution in [1.82, 2.24) is 0 Å². The van der Waals surface area contributed by atoms with Gasteiger partial charge in [-0.25, -0.2) is 4.39 Å². The molecule has 3 heteroatoms. The average Bonchev–Trinajstić information content (AvgIpc) is 3.15. The number of hydrogen-bond acceptors (Lipinski definition) is 2. The van der Waals surface area contributed by atoms with Crippen LogP contribution in [0.2, 0.25) is 0 Å². The fourth-order valence-electron chi connectivity index (χ4n) is 2.48. The summed E-state index contributed by atoms with van der Waals surface area (Å²) in [5.74, 6) is 0.543. The lowest BCUT2D eigenvalue weighted by molar-refractivity contribution is 0.199. The van der Waals surface area contributed by atoms with E-state index in [9.17, 15) is 9.50 Å². The van der Waals surface area contributed by atoms with Crippen LogP contribution in [0.25, 0.3) is 0 Å². The number of aliphatic hydroxyl groups is 1. The molecule has 0 unspecified atom stereocenters. The standard InChI is InChI=1S/C16H24FNO/c1-4-7-18(10-13-5-6-13)16-8-11(2)15(17)9-14(16)12(3)19/h8-9,12-13,19H,4-7,10H2,1-3H3/t12-/m1/s1. The molecule has 106 valence electrons. The summed E-state index contributed by atoms with van der Waals surface area (Å²) in [4.78, 5) is 2.31. The second kappa shape index (κ2) is 5.91. The zero-order chi connectivity index (χ0) is 14.0. The van der Waals surface area contributed by atoms with Crippen LogP contribution in [0.5, 0.6) is 0 Å². The summed E-state index contributed by atoms with van der Waals surface area (Å²) in [5, 5.41) is 9.89. The van der Waals surface area contributed by atoms with Gasteiger partial charge in [0.1, 0.15) is 5.82 Å². The lowest BCUT2D eigenvalue weighted by Crippen LogP contribution is -2.28. The van der Waals surface area contributed by atoms with E-state index >= 15 is 0 Å². The second-order valence-corrected chi connectivity index (χ2v) is 5.73. The zero-order valence-corrected chi connectivity index (χ0v) is 12.1. The summed E-state index contributed by atoms with van der Waals surface area (Å²) in [5.41, 5.74) is 2.36. The highest BCUT2D eigenvalue weighted by Gasteiger charge is 2.26. The highest BCUT2D eigenvalue weighted by atomic mass is 19.1. The van der Waals surface area contributed by atoms with Crippen molar-refractivity contribution < 1.29 is 9.50 Å². The maximum Gasteiger partial charge on any atom is 0.126 e. The second-order valence-electron chi connectivity index (χ2n) is 5.73. The SMILES string of the molecule is CCCN(CC1CC1)c1cc(C)c(F)cc1[C@@H](C)O. The van der Waals surface area contributed by atoms with Gasteiger partial charge in [0.15, 0.2) is 0 Å². The third-order valence-electron chi connectivity index (χ3n) is 3.77. The van der Waals surface area contributed by atoms with Crippen LogP contribution >= 0.6 is 0 Å².